The molecule has 0 radical (unpaired) electrons. The van der Waals surface area contributed by atoms with Gasteiger partial charge in [-0.3, -0.25) is 9.36 Å². The van der Waals surface area contributed by atoms with Gasteiger partial charge in [0.25, 0.3) is 0 Å². The van der Waals surface area contributed by atoms with Crippen LogP contribution in [0.3, 0.4) is 0 Å². The van der Waals surface area contributed by atoms with Gasteiger partial charge in [0, 0.05) is 23.6 Å². The first-order valence-electron chi connectivity index (χ1n) is 7.61. The molecule has 7 heteroatoms. The van der Waals surface area contributed by atoms with E-state index >= 15 is 0 Å². The number of hydrogen-bond donors (Lipinski definition) is 1. The van der Waals surface area contributed by atoms with Crippen molar-refractivity contribution in [3.8, 4) is 5.69 Å². The van der Waals surface area contributed by atoms with E-state index in [2.05, 4.69) is 10.3 Å². The highest BCUT2D eigenvalue weighted by molar-refractivity contribution is 5.94. The summed E-state index contributed by atoms with van der Waals surface area (Å²) < 4.78 is 43.0. The Morgan fingerprint density at radius 1 is 1.04 bits per heavy atom. The molecule has 0 saturated heterocycles. The minimum Gasteiger partial charge on any atom is -0.310 e. The molecule has 1 N–H and O–H groups in total. The quantitative estimate of drug-likeness (QED) is 0.770. The van der Waals surface area contributed by atoms with E-state index in [9.17, 15) is 18.0 Å². The zero-order valence-corrected chi connectivity index (χ0v) is 12.8. The summed E-state index contributed by atoms with van der Waals surface area (Å²) in [4.78, 5) is 16.4. The number of nitrogens with one attached hydrogen (secondary N) is 1. The monoisotopic (exact) mass is 343 g/mol. The van der Waals surface area contributed by atoms with Crippen molar-refractivity contribution in [3.05, 3.63) is 77.5 Å². The van der Waals surface area contributed by atoms with Crippen molar-refractivity contribution in [1.82, 2.24) is 9.55 Å². The minimum absolute atomic E-state index is 0.106. The topological polar surface area (TPSA) is 46.9 Å². The fraction of sp³-hybridized carbons (Fsp3) is 0.111. The van der Waals surface area contributed by atoms with Gasteiger partial charge in [-0.2, -0.15) is 0 Å². The van der Waals surface area contributed by atoms with Crippen LogP contribution in [0.2, 0.25) is 0 Å². The number of benzene rings is 2. The molecule has 0 aliphatic carbocycles. The van der Waals surface area contributed by atoms with Crippen molar-refractivity contribution in [2.24, 2.45) is 0 Å². The summed E-state index contributed by atoms with van der Waals surface area (Å²) in [7, 11) is 0. The van der Waals surface area contributed by atoms with Crippen molar-refractivity contribution in [2.45, 2.75) is 12.3 Å². The third-order valence-electron chi connectivity index (χ3n) is 4.23. The van der Waals surface area contributed by atoms with E-state index in [0.717, 1.165) is 12.1 Å². The van der Waals surface area contributed by atoms with Crippen molar-refractivity contribution >= 4 is 11.7 Å². The van der Waals surface area contributed by atoms with Crippen LogP contribution < -0.4 is 5.32 Å². The Balaban J connectivity index is 1.86. The molecule has 1 amide bonds. The van der Waals surface area contributed by atoms with Gasteiger partial charge in [0.1, 0.15) is 29.6 Å². The number of imidazole rings is 1. The molecule has 126 valence electrons. The zero-order chi connectivity index (χ0) is 17.6. The maximum absolute atomic E-state index is 14.2. The van der Waals surface area contributed by atoms with Crippen molar-refractivity contribution in [1.29, 1.82) is 0 Å². The normalized spacial score (nSPS) is 16.4. The Morgan fingerprint density at radius 3 is 2.40 bits per heavy atom. The summed E-state index contributed by atoms with van der Waals surface area (Å²) >= 11 is 0. The van der Waals surface area contributed by atoms with Crippen LogP contribution in [0.15, 0.2) is 48.8 Å². The average molecular weight is 343 g/mol. The molecule has 0 spiro atoms. The molecule has 1 aliphatic heterocycles. The van der Waals surface area contributed by atoms with E-state index in [1.54, 1.807) is 4.57 Å². The van der Waals surface area contributed by atoms with E-state index in [4.69, 9.17) is 0 Å². The Hall–Kier alpha value is -3.09. The Bertz CT molecular complexity index is 946. The van der Waals surface area contributed by atoms with Crippen LogP contribution in [-0.4, -0.2) is 15.5 Å². The molecule has 4 rings (SSSR count). The summed E-state index contributed by atoms with van der Waals surface area (Å²) in [6.45, 7) is 0. The lowest BCUT2D eigenvalue weighted by Crippen LogP contribution is -2.26. The summed E-state index contributed by atoms with van der Waals surface area (Å²) in [6, 6.07) is 9.19. The van der Waals surface area contributed by atoms with E-state index in [1.165, 1.54) is 36.7 Å². The fourth-order valence-electron chi connectivity index (χ4n) is 3.09. The van der Waals surface area contributed by atoms with Crippen LogP contribution in [0, 0.1) is 17.5 Å². The van der Waals surface area contributed by atoms with Gasteiger partial charge in [-0.15, -0.1) is 0 Å². The van der Waals surface area contributed by atoms with Gasteiger partial charge in [-0.25, -0.2) is 18.2 Å². The number of hydrogen-bond acceptors (Lipinski definition) is 2. The van der Waals surface area contributed by atoms with Crippen molar-refractivity contribution < 1.29 is 18.0 Å². The SMILES string of the molecule is O=C1C[C@H](c2c(F)cccc2F)c2ncn(-c3ccc(F)cc3)c2N1. The number of rotatable bonds is 2. The number of carbonyl (C=O) groups excluding carboxylic acids is 1. The first kappa shape index (κ1) is 15.4. The van der Waals surface area contributed by atoms with Crippen LogP contribution in [0.5, 0.6) is 0 Å². The maximum Gasteiger partial charge on any atom is 0.226 e. The molecule has 25 heavy (non-hydrogen) atoms. The maximum atomic E-state index is 14.2. The van der Waals surface area contributed by atoms with Crippen molar-refractivity contribution in [2.75, 3.05) is 5.32 Å². The summed E-state index contributed by atoms with van der Waals surface area (Å²) in [5, 5.41) is 2.68. The van der Waals surface area contributed by atoms with Gasteiger partial charge >= 0.3 is 0 Å². The summed E-state index contributed by atoms with van der Waals surface area (Å²) in [5.41, 5.74) is 0.765. The minimum atomic E-state index is -0.827. The molecule has 3 aromatic rings. The molecule has 2 heterocycles. The Morgan fingerprint density at radius 2 is 1.72 bits per heavy atom. The van der Waals surface area contributed by atoms with E-state index < -0.39 is 23.4 Å². The second kappa shape index (κ2) is 5.77. The lowest BCUT2D eigenvalue weighted by atomic mass is 9.89. The van der Waals surface area contributed by atoms with Crippen LogP contribution in [0.25, 0.3) is 5.69 Å². The first-order valence-corrected chi connectivity index (χ1v) is 7.61. The van der Waals surface area contributed by atoms with Crippen LogP contribution in [0.1, 0.15) is 23.6 Å². The smallest absolute Gasteiger partial charge is 0.226 e. The molecule has 4 nitrogen and oxygen atoms in total. The molecule has 0 fully saturated rings. The zero-order valence-electron chi connectivity index (χ0n) is 12.8. The van der Waals surface area contributed by atoms with Crippen LogP contribution in [0.4, 0.5) is 19.0 Å². The van der Waals surface area contributed by atoms with E-state index in [1.807, 2.05) is 0 Å². The molecule has 1 aromatic heterocycles. The van der Waals surface area contributed by atoms with Gasteiger partial charge in [0.15, 0.2) is 0 Å². The predicted molar refractivity (Wildman–Crippen MR) is 85.0 cm³/mol. The van der Waals surface area contributed by atoms with E-state index in [-0.39, 0.29) is 17.9 Å². The van der Waals surface area contributed by atoms with Gasteiger partial charge in [0.2, 0.25) is 5.91 Å². The Labute approximate surface area is 140 Å². The highest BCUT2D eigenvalue weighted by atomic mass is 19.1. The van der Waals surface area contributed by atoms with Gasteiger partial charge in [-0.1, -0.05) is 6.07 Å². The second-order valence-corrected chi connectivity index (χ2v) is 5.77. The molecule has 0 unspecified atom stereocenters. The summed E-state index contributed by atoms with van der Waals surface area (Å²) in [5.74, 6) is -2.71. The molecule has 1 atom stereocenters. The summed E-state index contributed by atoms with van der Waals surface area (Å²) in [6.07, 6.45) is 1.33. The molecule has 0 saturated carbocycles. The largest absolute Gasteiger partial charge is 0.310 e. The molecule has 0 bridgehead atoms. The number of carbonyl (C=O) groups is 1. The third-order valence-corrected chi connectivity index (χ3v) is 4.23. The number of nitrogens with zero attached hydrogens (tertiary/aromatic N) is 2. The fourth-order valence-corrected chi connectivity index (χ4v) is 3.09. The Kier molecular flexibility index (Phi) is 3.56. The molecular weight excluding hydrogens is 331 g/mol. The average Bonchev–Trinajstić information content (AvgIpc) is 2.99. The highest BCUT2D eigenvalue weighted by Gasteiger charge is 2.34. The van der Waals surface area contributed by atoms with Crippen molar-refractivity contribution in [3.63, 3.8) is 0 Å². The highest BCUT2D eigenvalue weighted by Crippen LogP contribution is 2.39. The lowest BCUT2D eigenvalue weighted by Gasteiger charge is -2.24. The first-order chi connectivity index (χ1) is 12.0. The van der Waals surface area contributed by atoms with Gasteiger partial charge < -0.3 is 5.32 Å². The van der Waals surface area contributed by atoms with E-state index in [0.29, 0.717) is 17.2 Å². The van der Waals surface area contributed by atoms with Crippen LogP contribution >= 0.6 is 0 Å². The van der Waals surface area contributed by atoms with Gasteiger partial charge in [0.05, 0.1) is 5.69 Å². The number of halogens is 3. The number of amides is 1. The third kappa shape index (κ3) is 2.57. The number of anilines is 1. The standard InChI is InChI=1S/C18H12F3N3O/c19-10-4-6-11(7-5-10)24-9-22-17-12(8-15(25)23-18(17)24)16-13(20)2-1-3-14(16)21/h1-7,9,12H,8H2,(H,23,25)/t12-/m1/s1. The number of fused-ring (bicyclic) bond motifs is 1. The molecular formula is C18H12F3N3O. The van der Waals surface area contributed by atoms with Gasteiger partial charge in [-0.05, 0) is 36.4 Å². The van der Waals surface area contributed by atoms with Crippen LogP contribution in [-0.2, 0) is 4.79 Å². The number of aromatic nitrogens is 2. The molecule has 1 aliphatic rings. The molecule has 2 aromatic carbocycles. The lowest BCUT2D eigenvalue weighted by molar-refractivity contribution is -0.116. The predicted octanol–water partition coefficient (Wildman–Crippen LogP) is 3.76. The second-order valence-electron chi connectivity index (χ2n) is 5.77.